The zero-order valence-electron chi connectivity index (χ0n) is 8.24. The average molecular weight is 211 g/mol. The van der Waals surface area contributed by atoms with E-state index in [0.717, 1.165) is 4.90 Å². The van der Waals surface area contributed by atoms with Gasteiger partial charge in [-0.25, -0.2) is 4.79 Å². The Morgan fingerprint density at radius 2 is 2.29 bits per heavy atom. The monoisotopic (exact) mass is 211 g/mol. The first-order chi connectivity index (χ1) is 6.69. The number of esters is 1. The summed E-state index contributed by atoms with van der Waals surface area (Å²) in [6.45, 7) is 2.16. The van der Waals surface area contributed by atoms with Crippen LogP contribution in [-0.4, -0.2) is 18.8 Å². The van der Waals surface area contributed by atoms with Crippen molar-refractivity contribution >= 4 is 23.4 Å². The molecule has 0 aliphatic rings. The SMILES string of the molecule is CCOC(=O)c1cc(N)ccc1SC. The maximum Gasteiger partial charge on any atom is 0.339 e. The van der Waals surface area contributed by atoms with Crippen LogP contribution in [0.25, 0.3) is 0 Å². The first-order valence-electron chi connectivity index (χ1n) is 4.29. The van der Waals surface area contributed by atoms with Crippen molar-refractivity contribution in [1.82, 2.24) is 0 Å². The molecule has 14 heavy (non-hydrogen) atoms. The van der Waals surface area contributed by atoms with Crippen LogP contribution in [0.1, 0.15) is 17.3 Å². The molecule has 1 aromatic carbocycles. The van der Waals surface area contributed by atoms with Crippen molar-refractivity contribution in [3.63, 3.8) is 0 Å². The molecule has 0 heterocycles. The molecular weight excluding hydrogens is 198 g/mol. The van der Waals surface area contributed by atoms with Crippen LogP contribution in [0.4, 0.5) is 5.69 Å². The van der Waals surface area contributed by atoms with Crippen LogP contribution in [-0.2, 0) is 4.74 Å². The summed E-state index contributed by atoms with van der Waals surface area (Å²) in [5.41, 5.74) is 6.72. The first kappa shape index (κ1) is 10.9. The molecule has 0 bridgehead atoms. The van der Waals surface area contributed by atoms with Gasteiger partial charge in [-0.1, -0.05) is 0 Å². The van der Waals surface area contributed by atoms with E-state index >= 15 is 0 Å². The lowest BCUT2D eigenvalue weighted by atomic mass is 10.2. The summed E-state index contributed by atoms with van der Waals surface area (Å²) in [6, 6.07) is 5.24. The summed E-state index contributed by atoms with van der Waals surface area (Å²) in [5.74, 6) is -0.316. The van der Waals surface area contributed by atoms with Gasteiger partial charge < -0.3 is 10.5 Å². The molecule has 0 saturated carbocycles. The average Bonchev–Trinajstić information content (AvgIpc) is 2.18. The van der Waals surface area contributed by atoms with Crippen molar-refractivity contribution in [1.29, 1.82) is 0 Å². The van der Waals surface area contributed by atoms with E-state index in [1.165, 1.54) is 11.8 Å². The van der Waals surface area contributed by atoms with Gasteiger partial charge >= 0.3 is 5.97 Å². The Labute approximate surface area is 87.6 Å². The molecule has 1 rings (SSSR count). The first-order valence-corrected chi connectivity index (χ1v) is 5.52. The minimum atomic E-state index is -0.316. The van der Waals surface area contributed by atoms with Gasteiger partial charge in [-0.3, -0.25) is 0 Å². The molecule has 0 aromatic heterocycles. The molecule has 4 heteroatoms. The van der Waals surface area contributed by atoms with Gasteiger partial charge in [0.2, 0.25) is 0 Å². The molecule has 3 nitrogen and oxygen atoms in total. The highest BCUT2D eigenvalue weighted by Gasteiger charge is 2.11. The number of hydrogen-bond acceptors (Lipinski definition) is 4. The van der Waals surface area contributed by atoms with Gasteiger partial charge in [-0.05, 0) is 31.4 Å². The van der Waals surface area contributed by atoms with Gasteiger partial charge in [0.1, 0.15) is 0 Å². The van der Waals surface area contributed by atoms with Crippen LogP contribution >= 0.6 is 11.8 Å². The minimum absolute atomic E-state index is 0.316. The lowest BCUT2D eigenvalue weighted by Gasteiger charge is -2.07. The van der Waals surface area contributed by atoms with Gasteiger partial charge in [0, 0.05) is 10.6 Å². The van der Waals surface area contributed by atoms with Gasteiger partial charge in [0.15, 0.2) is 0 Å². The number of nitrogens with two attached hydrogens (primary N) is 1. The number of hydrogen-bond donors (Lipinski definition) is 1. The van der Waals surface area contributed by atoms with Crippen LogP contribution in [0.5, 0.6) is 0 Å². The maximum absolute atomic E-state index is 11.5. The predicted molar refractivity (Wildman–Crippen MR) is 58.6 cm³/mol. The summed E-state index contributed by atoms with van der Waals surface area (Å²) < 4.78 is 4.92. The summed E-state index contributed by atoms with van der Waals surface area (Å²) in [4.78, 5) is 12.4. The lowest BCUT2D eigenvalue weighted by molar-refractivity contribution is 0.0522. The van der Waals surface area contributed by atoms with Crippen LogP contribution in [0.2, 0.25) is 0 Å². The van der Waals surface area contributed by atoms with Gasteiger partial charge in [0.25, 0.3) is 0 Å². The summed E-state index contributed by atoms with van der Waals surface area (Å²) >= 11 is 1.50. The summed E-state index contributed by atoms with van der Waals surface area (Å²) in [6.07, 6.45) is 1.91. The highest BCUT2D eigenvalue weighted by atomic mass is 32.2. The lowest BCUT2D eigenvalue weighted by Crippen LogP contribution is -2.06. The zero-order valence-corrected chi connectivity index (χ0v) is 9.06. The molecule has 76 valence electrons. The van der Waals surface area contributed by atoms with Crippen LogP contribution in [0, 0.1) is 0 Å². The topological polar surface area (TPSA) is 52.3 Å². The van der Waals surface area contributed by atoms with E-state index in [-0.39, 0.29) is 5.97 Å². The van der Waals surface area contributed by atoms with E-state index < -0.39 is 0 Å². The number of anilines is 1. The molecule has 2 N–H and O–H groups in total. The largest absolute Gasteiger partial charge is 0.462 e. The second-order valence-corrected chi connectivity index (χ2v) is 3.53. The van der Waals surface area contributed by atoms with Crippen molar-refractivity contribution in [2.45, 2.75) is 11.8 Å². The third-order valence-electron chi connectivity index (χ3n) is 1.72. The van der Waals surface area contributed by atoms with Crippen molar-refractivity contribution in [3.05, 3.63) is 23.8 Å². The number of nitrogen functional groups attached to an aromatic ring is 1. The third-order valence-corrected chi connectivity index (χ3v) is 2.51. The molecule has 0 fully saturated rings. The van der Waals surface area contributed by atoms with Crippen molar-refractivity contribution < 1.29 is 9.53 Å². The number of rotatable bonds is 3. The quantitative estimate of drug-likeness (QED) is 0.473. The summed E-state index contributed by atoms with van der Waals surface area (Å²) in [5, 5.41) is 0. The molecule has 0 aliphatic carbocycles. The Morgan fingerprint density at radius 3 is 2.86 bits per heavy atom. The second kappa shape index (κ2) is 4.91. The molecule has 0 saturated heterocycles. The normalized spacial score (nSPS) is 9.86. The van der Waals surface area contributed by atoms with E-state index in [4.69, 9.17) is 10.5 Å². The Bertz CT molecular complexity index is 339. The van der Waals surface area contributed by atoms with Crippen LogP contribution < -0.4 is 5.73 Å². The van der Waals surface area contributed by atoms with Gasteiger partial charge in [0.05, 0.1) is 12.2 Å². The Morgan fingerprint density at radius 1 is 1.57 bits per heavy atom. The van der Waals surface area contributed by atoms with Crippen molar-refractivity contribution in [2.75, 3.05) is 18.6 Å². The minimum Gasteiger partial charge on any atom is -0.462 e. The molecule has 0 spiro atoms. The van der Waals surface area contributed by atoms with E-state index in [1.807, 2.05) is 12.3 Å². The molecular formula is C10H13NO2S. The van der Waals surface area contributed by atoms with E-state index in [2.05, 4.69) is 0 Å². The predicted octanol–water partition coefficient (Wildman–Crippen LogP) is 2.17. The molecule has 0 amide bonds. The maximum atomic E-state index is 11.5. The Balaban J connectivity index is 3.03. The highest BCUT2D eigenvalue weighted by Crippen LogP contribution is 2.23. The second-order valence-electron chi connectivity index (χ2n) is 2.68. The Hall–Kier alpha value is -1.16. The van der Waals surface area contributed by atoms with Crippen LogP contribution in [0.3, 0.4) is 0 Å². The van der Waals surface area contributed by atoms with Crippen molar-refractivity contribution in [2.24, 2.45) is 0 Å². The zero-order chi connectivity index (χ0) is 10.6. The molecule has 0 atom stereocenters. The summed E-state index contributed by atoms with van der Waals surface area (Å²) in [7, 11) is 0. The van der Waals surface area contributed by atoms with E-state index in [0.29, 0.717) is 17.9 Å². The third kappa shape index (κ3) is 2.42. The highest BCUT2D eigenvalue weighted by molar-refractivity contribution is 7.98. The molecule has 0 radical (unpaired) electrons. The van der Waals surface area contributed by atoms with E-state index in [1.54, 1.807) is 19.1 Å². The Kier molecular flexibility index (Phi) is 3.83. The molecule has 0 unspecified atom stereocenters. The fraction of sp³-hybridized carbons (Fsp3) is 0.300. The number of carbonyl (C=O) groups excluding carboxylic acids is 1. The number of benzene rings is 1. The smallest absolute Gasteiger partial charge is 0.339 e. The standard InChI is InChI=1S/C10H13NO2S/c1-3-13-10(12)8-6-7(11)4-5-9(8)14-2/h4-6H,3,11H2,1-2H3. The fourth-order valence-electron chi connectivity index (χ4n) is 1.09. The van der Waals surface area contributed by atoms with Gasteiger partial charge in [-0.15, -0.1) is 11.8 Å². The molecule has 1 aromatic rings. The number of carbonyl (C=O) groups is 1. The van der Waals surface area contributed by atoms with Crippen molar-refractivity contribution in [3.8, 4) is 0 Å². The van der Waals surface area contributed by atoms with Gasteiger partial charge in [-0.2, -0.15) is 0 Å². The van der Waals surface area contributed by atoms with Crippen LogP contribution in [0.15, 0.2) is 23.1 Å². The van der Waals surface area contributed by atoms with E-state index in [9.17, 15) is 4.79 Å². The number of ether oxygens (including phenoxy) is 1. The molecule has 0 aliphatic heterocycles. The number of thioether (sulfide) groups is 1. The fourth-order valence-corrected chi connectivity index (χ4v) is 1.66.